The van der Waals surface area contributed by atoms with Gasteiger partial charge in [-0.05, 0) is 43.4 Å². The topological polar surface area (TPSA) is 69.6 Å². The molecule has 1 saturated carbocycles. The molecule has 2 amide bonds. The number of urea groups is 1. The maximum atomic E-state index is 12.4. The highest BCUT2D eigenvalue weighted by Crippen LogP contribution is 2.34. The van der Waals surface area contributed by atoms with E-state index >= 15 is 0 Å². The van der Waals surface area contributed by atoms with Gasteiger partial charge in [-0.15, -0.1) is 0 Å². The van der Waals surface area contributed by atoms with Crippen LogP contribution in [0.25, 0.3) is 0 Å². The van der Waals surface area contributed by atoms with E-state index in [-0.39, 0.29) is 24.4 Å². The van der Waals surface area contributed by atoms with Gasteiger partial charge in [0.05, 0.1) is 0 Å². The van der Waals surface area contributed by atoms with Crippen LogP contribution in [-0.4, -0.2) is 41.1 Å². The highest BCUT2D eigenvalue weighted by atomic mass is 16.4. The lowest BCUT2D eigenvalue weighted by molar-refractivity contribution is -0.138. The van der Waals surface area contributed by atoms with Gasteiger partial charge < -0.3 is 15.3 Å². The average Bonchev–Trinajstić information content (AvgIpc) is 2.79. The lowest BCUT2D eigenvalue weighted by Gasteiger charge is -2.33. The molecule has 5 heteroatoms. The van der Waals surface area contributed by atoms with Crippen molar-refractivity contribution in [3.8, 4) is 0 Å². The number of carbonyl (C=O) groups excluding carboxylic acids is 1. The van der Waals surface area contributed by atoms with Crippen molar-refractivity contribution in [3.63, 3.8) is 0 Å². The number of hydrogen-bond acceptors (Lipinski definition) is 2. The smallest absolute Gasteiger partial charge is 0.317 e. The summed E-state index contributed by atoms with van der Waals surface area (Å²) in [6.45, 7) is 5.78. The Hall–Kier alpha value is -1.26. The molecule has 1 saturated heterocycles. The largest absolute Gasteiger partial charge is 0.481 e. The number of amides is 2. The summed E-state index contributed by atoms with van der Waals surface area (Å²) >= 11 is 0. The highest BCUT2D eigenvalue weighted by Gasteiger charge is 2.34. The molecule has 0 radical (unpaired) electrons. The molecule has 1 aliphatic carbocycles. The molecule has 0 aromatic rings. The summed E-state index contributed by atoms with van der Waals surface area (Å²) in [5.41, 5.74) is 0. The standard InChI is InChI=1S/C16H28N2O3/c1-3-13-6-7-14(11(13)2)17-16(21)18-8-4-5-12(10-18)9-15(19)20/h11-14H,3-10H2,1-2H3,(H,17,21)(H,19,20). The molecule has 2 fully saturated rings. The van der Waals surface area contributed by atoms with Crippen molar-refractivity contribution in [2.45, 2.75) is 58.4 Å². The molecule has 0 bridgehead atoms. The molecule has 0 aromatic carbocycles. The summed E-state index contributed by atoms with van der Waals surface area (Å²) in [4.78, 5) is 25.0. The van der Waals surface area contributed by atoms with Gasteiger partial charge in [-0.3, -0.25) is 4.79 Å². The van der Waals surface area contributed by atoms with Crippen molar-refractivity contribution in [2.75, 3.05) is 13.1 Å². The molecule has 2 N–H and O–H groups in total. The fourth-order valence-corrected chi connectivity index (χ4v) is 3.94. The Morgan fingerprint density at radius 3 is 2.67 bits per heavy atom. The van der Waals surface area contributed by atoms with E-state index in [1.165, 1.54) is 12.8 Å². The number of rotatable bonds is 4. The van der Waals surface area contributed by atoms with Gasteiger partial charge >= 0.3 is 12.0 Å². The van der Waals surface area contributed by atoms with E-state index < -0.39 is 5.97 Å². The predicted molar refractivity (Wildman–Crippen MR) is 81.0 cm³/mol. The van der Waals surface area contributed by atoms with Crippen molar-refractivity contribution < 1.29 is 14.7 Å². The van der Waals surface area contributed by atoms with Crippen LogP contribution in [-0.2, 0) is 4.79 Å². The summed E-state index contributed by atoms with van der Waals surface area (Å²) in [6, 6.07) is 0.279. The first-order valence-corrected chi connectivity index (χ1v) is 8.28. The van der Waals surface area contributed by atoms with Crippen molar-refractivity contribution in [1.29, 1.82) is 0 Å². The molecule has 1 aliphatic heterocycles. The lowest BCUT2D eigenvalue weighted by atomic mass is 9.93. The maximum Gasteiger partial charge on any atom is 0.317 e. The lowest BCUT2D eigenvalue weighted by Crippen LogP contribution is -2.49. The first-order chi connectivity index (χ1) is 10.0. The van der Waals surface area contributed by atoms with Gasteiger partial charge in [-0.25, -0.2) is 4.79 Å². The average molecular weight is 296 g/mol. The zero-order valence-electron chi connectivity index (χ0n) is 13.2. The third-order valence-corrected chi connectivity index (χ3v) is 5.33. The molecular weight excluding hydrogens is 268 g/mol. The first-order valence-electron chi connectivity index (χ1n) is 8.28. The fraction of sp³-hybridized carbons (Fsp3) is 0.875. The van der Waals surface area contributed by atoms with E-state index in [2.05, 4.69) is 19.2 Å². The fourth-order valence-electron chi connectivity index (χ4n) is 3.94. The van der Waals surface area contributed by atoms with Crippen LogP contribution >= 0.6 is 0 Å². The minimum Gasteiger partial charge on any atom is -0.481 e. The second-order valence-corrected chi connectivity index (χ2v) is 6.71. The van der Waals surface area contributed by atoms with Crippen molar-refractivity contribution in [2.24, 2.45) is 17.8 Å². The molecular formula is C16H28N2O3. The SMILES string of the molecule is CCC1CCC(NC(=O)N2CCCC(CC(=O)O)C2)C1C. The summed E-state index contributed by atoms with van der Waals surface area (Å²) in [7, 11) is 0. The third-order valence-electron chi connectivity index (χ3n) is 5.33. The quantitative estimate of drug-likeness (QED) is 0.838. The summed E-state index contributed by atoms with van der Waals surface area (Å²) in [6.07, 6.45) is 5.43. The van der Waals surface area contributed by atoms with Crippen LogP contribution in [0, 0.1) is 17.8 Å². The number of aliphatic carboxylic acids is 1. The van der Waals surface area contributed by atoms with Crippen molar-refractivity contribution in [3.05, 3.63) is 0 Å². The zero-order chi connectivity index (χ0) is 15.4. The van der Waals surface area contributed by atoms with E-state index in [4.69, 9.17) is 5.11 Å². The van der Waals surface area contributed by atoms with Crippen molar-refractivity contribution >= 4 is 12.0 Å². The number of carboxylic acids is 1. The Balaban J connectivity index is 1.84. The molecule has 0 spiro atoms. The highest BCUT2D eigenvalue weighted by molar-refractivity contribution is 5.75. The first kappa shape index (κ1) is 16.1. The molecule has 5 nitrogen and oxygen atoms in total. The molecule has 2 aliphatic rings. The van der Waals surface area contributed by atoms with Crippen LogP contribution in [0.15, 0.2) is 0 Å². The van der Waals surface area contributed by atoms with E-state index in [0.717, 1.165) is 31.7 Å². The normalized spacial score (nSPS) is 33.0. The molecule has 4 atom stereocenters. The minimum absolute atomic E-state index is 0.00121. The number of hydrogen-bond donors (Lipinski definition) is 2. The molecule has 120 valence electrons. The van der Waals surface area contributed by atoms with Crippen LogP contribution in [0.3, 0.4) is 0 Å². The van der Waals surface area contributed by atoms with E-state index in [1.807, 2.05) is 4.90 Å². The number of nitrogens with zero attached hydrogens (tertiary/aromatic N) is 1. The van der Waals surface area contributed by atoms with Crippen LogP contribution in [0.5, 0.6) is 0 Å². The molecule has 0 aromatic heterocycles. The van der Waals surface area contributed by atoms with Gasteiger partial charge in [-0.1, -0.05) is 20.3 Å². The second kappa shape index (κ2) is 7.14. The molecule has 4 unspecified atom stereocenters. The Labute approximate surface area is 127 Å². The third kappa shape index (κ3) is 4.11. The summed E-state index contributed by atoms with van der Waals surface area (Å²) in [5, 5.41) is 12.1. The Morgan fingerprint density at radius 1 is 1.29 bits per heavy atom. The van der Waals surface area contributed by atoms with Gasteiger partial charge in [0.2, 0.25) is 0 Å². The van der Waals surface area contributed by atoms with Crippen LogP contribution in [0.4, 0.5) is 4.79 Å². The van der Waals surface area contributed by atoms with Gasteiger partial charge in [0.1, 0.15) is 0 Å². The van der Waals surface area contributed by atoms with Gasteiger partial charge in [-0.2, -0.15) is 0 Å². The number of nitrogens with one attached hydrogen (secondary N) is 1. The number of carboxylic acid groups (broad SMARTS) is 1. The monoisotopic (exact) mass is 296 g/mol. The van der Waals surface area contributed by atoms with Crippen LogP contribution < -0.4 is 5.32 Å². The number of piperidine rings is 1. The molecule has 21 heavy (non-hydrogen) atoms. The van der Waals surface area contributed by atoms with E-state index in [1.54, 1.807) is 0 Å². The van der Waals surface area contributed by atoms with Crippen LogP contribution in [0.2, 0.25) is 0 Å². The summed E-state index contributed by atoms with van der Waals surface area (Å²) in [5.74, 6) is 0.596. The second-order valence-electron chi connectivity index (χ2n) is 6.71. The Morgan fingerprint density at radius 2 is 2.05 bits per heavy atom. The number of likely N-dealkylation sites (tertiary alicyclic amines) is 1. The summed E-state index contributed by atoms with van der Waals surface area (Å²) < 4.78 is 0. The predicted octanol–water partition coefficient (Wildman–Crippen LogP) is 2.71. The zero-order valence-corrected chi connectivity index (χ0v) is 13.2. The number of carbonyl (C=O) groups is 2. The molecule has 1 heterocycles. The Bertz CT molecular complexity index is 386. The van der Waals surface area contributed by atoms with E-state index in [9.17, 15) is 9.59 Å². The van der Waals surface area contributed by atoms with E-state index in [0.29, 0.717) is 12.5 Å². The van der Waals surface area contributed by atoms with Crippen molar-refractivity contribution in [1.82, 2.24) is 10.2 Å². The van der Waals surface area contributed by atoms with Gasteiger partial charge in [0.15, 0.2) is 0 Å². The maximum absolute atomic E-state index is 12.4. The van der Waals surface area contributed by atoms with Crippen LogP contribution in [0.1, 0.15) is 52.4 Å². The van der Waals surface area contributed by atoms with Gasteiger partial charge in [0.25, 0.3) is 0 Å². The molecule has 2 rings (SSSR count). The minimum atomic E-state index is -0.766. The Kier molecular flexibility index (Phi) is 5.48. The van der Waals surface area contributed by atoms with Gasteiger partial charge in [0, 0.05) is 25.6 Å².